The van der Waals surface area contributed by atoms with Crippen LogP contribution in [0.2, 0.25) is 0 Å². The molecule has 0 unspecified atom stereocenters. The lowest BCUT2D eigenvalue weighted by atomic mass is 9.73. The van der Waals surface area contributed by atoms with Gasteiger partial charge in [-0.3, -0.25) is 14.3 Å². The van der Waals surface area contributed by atoms with E-state index < -0.39 is 0 Å². The van der Waals surface area contributed by atoms with E-state index in [1.165, 1.54) is 17.7 Å². The van der Waals surface area contributed by atoms with E-state index in [2.05, 4.69) is 11.2 Å². The average Bonchev–Trinajstić information content (AvgIpc) is 3.32. The van der Waals surface area contributed by atoms with E-state index in [0.717, 1.165) is 62.9 Å². The first-order valence-corrected chi connectivity index (χ1v) is 13.9. The zero-order chi connectivity index (χ0) is 27.4. The van der Waals surface area contributed by atoms with Gasteiger partial charge in [-0.1, -0.05) is 24.6 Å². The van der Waals surface area contributed by atoms with Crippen molar-refractivity contribution in [1.82, 2.24) is 19.6 Å². The second kappa shape index (κ2) is 11.6. The summed E-state index contributed by atoms with van der Waals surface area (Å²) in [6.07, 6.45) is 5.83. The number of piperidine rings is 1. The highest BCUT2D eigenvalue weighted by Crippen LogP contribution is 2.39. The fourth-order valence-electron chi connectivity index (χ4n) is 5.96. The Hall–Kier alpha value is -3.68. The maximum absolute atomic E-state index is 14.1. The first-order chi connectivity index (χ1) is 18.8. The van der Waals surface area contributed by atoms with Gasteiger partial charge in [-0.25, -0.2) is 4.39 Å². The number of hydrogen-bond donors (Lipinski definition) is 0. The molecule has 39 heavy (non-hydrogen) atoms. The SMILES string of the molecule is CC(=O)N1CCC2(CCCCc3ccccc3OCCN(C(=O)c3cc(-c4ccc(F)cc4)nn3C)C2)CC1. The Morgan fingerprint density at radius 3 is 2.44 bits per heavy atom. The predicted octanol–water partition coefficient (Wildman–Crippen LogP) is 5.10. The molecule has 0 N–H and O–H groups in total. The van der Waals surface area contributed by atoms with Gasteiger partial charge in [0.05, 0.1) is 12.2 Å². The Bertz CT molecular complexity index is 1310. The van der Waals surface area contributed by atoms with Gasteiger partial charge in [-0.2, -0.15) is 5.10 Å². The van der Waals surface area contributed by atoms with Crippen LogP contribution in [0.1, 0.15) is 55.1 Å². The summed E-state index contributed by atoms with van der Waals surface area (Å²) in [5, 5.41) is 4.56. The quantitative estimate of drug-likeness (QED) is 0.461. The molecule has 2 aromatic carbocycles. The van der Waals surface area contributed by atoms with Crippen LogP contribution in [0.15, 0.2) is 54.6 Å². The third-order valence-corrected chi connectivity index (χ3v) is 8.32. The first-order valence-electron chi connectivity index (χ1n) is 13.9. The standard InChI is InChI=1S/C31H37FN4O3/c1-23(37)35-17-15-31(16-18-35)14-6-5-8-25-7-3-4-9-29(25)39-20-19-36(22-31)30(38)28-21-27(33-34(28)2)24-10-12-26(32)13-11-24/h3-4,7,9-13,21H,5-6,8,14-20,22H2,1-2H3. The molecule has 0 atom stereocenters. The lowest BCUT2D eigenvalue weighted by molar-refractivity contribution is -0.131. The van der Waals surface area contributed by atoms with Crippen molar-refractivity contribution in [1.29, 1.82) is 0 Å². The van der Waals surface area contributed by atoms with Crippen molar-refractivity contribution >= 4 is 11.8 Å². The lowest BCUT2D eigenvalue weighted by Crippen LogP contribution is -2.49. The van der Waals surface area contributed by atoms with Crippen molar-refractivity contribution < 1.29 is 18.7 Å². The molecule has 2 amide bonds. The summed E-state index contributed by atoms with van der Waals surface area (Å²) in [4.78, 5) is 29.9. The molecular formula is C31H37FN4O3. The molecule has 3 heterocycles. The van der Waals surface area contributed by atoms with Crippen LogP contribution in [0.25, 0.3) is 11.3 Å². The number of benzene rings is 2. The molecule has 7 nitrogen and oxygen atoms in total. The monoisotopic (exact) mass is 532 g/mol. The molecule has 5 rings (SSSR count). The molecule has 2 aliphatic heterocycles. The molecule has 3 aromatic rings. The van der Waals surface area contributed by atoms with Gasteiger partial charge in [0.25, 0.3) is 5.91 Å². The Morgan fingerprint density at radius 1 is 0.949 bits per heavy atom. The van der Waals surface area contributed by atoms with Crippen molar-refractivity contribution in [3.8, 4) is 17.0 Å². The van der Waals surface area contributed by atoms with E-state index >= 15 is 0 Å². The summed E-state index contributed by atoms with van der Waals surface area (Å²) in [6.45, 7) is 4.52. The van der Waals surface area contributed by atoms with Crippen LogP contribution in [0.3, 0.4) is 0 Å². The minimum Gasteiger partial charge on any atom is -0.491 e. The lowest BCUT2D eigenvalue weighted by Gasteiger charge is -2.44. The van der Waals surface area contributed by atoms with E-state index in [1.54, 1.807) is 36.9 Å². The summed E-state index contributed by atoms with van der Waals surface area (Å²) >= 11 is 0. The smallest absolute Gasteiger partial charge is 0.272 e. The highest BCUT2D eigenvalue weighted by atomic mass is 19.1. The van der Waals surface area contributed by atoms with Crippen LogP contribution < -0.4 is 4.74 Å². The first kappa shape index (κ1) is 26.9. The van der Waals surface area contributed by atoms with Crippen LogP contribution in [0.5, 0.6) is 5.75 Å². The average molecular weight is 533 g/mol. The highest BCUT2D eigenvalue weighted by molar-refractivity contribution is 5.93. The number of fused-ring (bicyclic) bond motifs is 1. The van der Waals surface area contributed by atoms with Gasteiger partial charge in [-0.15, -0.1) is 0 Å². The van der Waals surface area contributed by atoms with Crippen LogP contribution in [-0.2, 0) is 18.3 Å². The minimum absolute atomic E-state index is 0.0568. The molecular weight excluding hydrogens is 495 g/mol. The predicted molar refractivity (Wildman–Crippen MR) is 148 cm³/mol. The fraction of sp³-hybridized carbons (Fsp3) is 0.452. The number of carbonyl (C=O) groups excluding carboxylic acids is 2. The van der Waals surface area contributed by atoms with E-state index in [9.17, 15) is 14.0 Å². The number of nitrogens with zero attached hydrogens (tertiary/aromatic N) is 4. The van der Waals surface area contributed by atoms with Crippen molar-refractivity contribution in [3.05, 3.63) is 71.7 Å². The van der Waals surface area contributed by atoms with E-state index in [1.807, 2.05) is 28.0 Å². The number of aryl methyl sites for hydroxylation is 2. The largest absolute Gasteiger partial charge is 0.491 e. The topological polar surface area (TPSA) is 67.7 Å². The van der Waals surface area contributed by atoms with Gasteiger partial charge >= 0.3 is 0 Å². The number of para-hydroxylation sites is 1. The maximum atomic E-state index is 14.1. The van der Waals surface area contributed by atoms with Gasteiger partial charge in [0, 0.05) is 39.2 Å². The van der Waals surface area contributed by atoms with Gasteiger partial charge < -0.3 is 14.5 Å². The zero-order valence-corrected chi connectivity index (χ0v) is 22.9. The second-order valence-corrected chi connectivity index (χ2v) is 10.9. The van der Waals surface area contributed by atoms with Crippen LogP contribution in [0.4, 0.5) is 4.39 Å². The highest BCUT2D eigenvalue weighted by Gasteiger charge is 2.38. The molecule has 206 valence electrons. The number of ether oxygens (including phenoxy) is 1. The van der Waals surface area contributed by atoms with Crippen LogP contribution >= 0.6 is 0 Å². The van der Waals surface area contributed by atoms with Gasteiger partial charge in [0.2, 0.25) is 5.91 Å². The fourth-order valence-corrected chi connectivity index (χ4v) is 5.96. The summed E-state index contributed by atoms with van der Waals surface area (Å²) < 4.78 is 21.3. The molecule has 1 aromatic heterocycles. The number of likely N-dealkylation sites (tertiary alicyclic amines) is 1. The minimum atomic E-state index is -0.312. The van der Waals surface area contributed by atoms with Crippen LogP contribution in [-0.4, -0.2) is 64.2 Å². The molecule has 8 heteroatoms. The van der Waals surface area contributed by atoms with Gasteiger partial charge in [0.1, 0.15) is 23.9 Å². The molecule has 0 radical (unpaired) electrons. The number of amides is 2. The van der Waals surface area contributed by atoms with Crippen molar-refractivity contribution in [2.24, 2.45) is 12.5 Å². The van der Waals surface area contributed by atoms with Crippen molar-refractivity contribution in [2.45, 2.75) is 45.4 Å². The maximum Gasteiger partial charge on any atom is 0.272 e. The summed E-state index contributed by atoms with van der Waals surface area (Å²) in [6, 6.07) is 16.1. The van der Waals surface area contributed by atoms with Crippen molar-refractivity contribution in [2.75, 3.05) is 32.8 Å². The molecule has 2 aliphatic rings. The van der Waals surface area contributed by atoms with E-state index in [-0.39, 0.29) is 23.0 Å². The summed E-state index contributed by atoms with van der Waals surface area (Å²) in [5.74, 6) is 0.585. The number of carbonyl (C=O) groups is 2. The molecule has 0 bridgehead atoms. The van der Waals surface area contributed by atoms with Crippen molar-refractivity contribution in [3.63, 3.8) is 0 Å². The number of hydrogen-bond acceptors (Lipinski definition) is 4. The molecule has 1 saturated heterocycles. The van der Waals surface area contributed by atoms with Crippen LogP contribution in [0, 0.1) is 11.2 Å². The zero-order valence-electron chi connectivity index (χ0n) is 22.9. The second-order valence-electron chi connectivity index (χ2n) is 10.9. The van der Waals surface area contributed by atoms with Gasteiger partial charge in [-0.05, 0) is 79.5 Å². The molecule has 0 saturated carbocycles. The van der Waals surface area contributed by atoms with Gasteiger partial charge in [0.15, 0.2) is 0 Å². The number of aromatic nitrogens is 2. The molecule has 0 aliphatic carbocycles. The Labute approximate surface area is 229 Å². The number of rotatable bonds is 2. The number of halogens is 1. The normalized spacial score (nSPS) is 18.0. The summed E-state index contributed by atoms with van der Waals surface area (Å²) in [5.41, 5.74) is 3.02. The Morgan fingerprint density at radius 2 is 1.69 bits per heavy atom. The summed E-state index contributed by atoms with van der Waals surface area (Å²) in [7, 11) is 1.77. The van der Waals surface area contributed by atoms with E-state index in [0.29, 0.717) is 31.1 Å². The third-order valence-electron chi connectivity index (χ3n) is 8.32. The third kappa shape index (κ3) is 6.15. The van der Waals surface area contributed by atoms with E-state index in [4.69, 9.17) is 4.74 Å². The molecule has 1 spiro atoms. The molecule has 1 fully saturated rings. The Kier molecular flexibility index (Phi) is 8.00. The Balaban J connectivity index is 1.43.